The highest BCUT2D eigenvalue weighted by atomic mass is 16.1. The number of Topliss-reactive ketones (excluding diaryl/α,β-unsaturated/α-hetero) is 1. The number of ketones is 1. The van der Waals surface area contributed by atoms with Crippen LogP contribution in [-0.2, 0) is 4.79 Å². The van der Waals surface area contributed by atoms with Crippen LogP contribution in [0.5, 0.6) is 0 Å². The predicted molar refractivity (Wildman–Crippen MR) is 40.6 cm³/mol. The van der Waals surface area contributed by atoms with Crippen molar-refractivity contribution in [2.45, 2.75) is 38.6 Å². The number of rotatable bonds is 2. The molecule has 1 fully saturated rings. The Labute approximate surface area is 61.8 Å². The highest BCUT2D eigenvalue weighted by Crippen LogP contribution is 2.25. The van der Waals surface area contributed by atoms with Crippen LogP contribution in [0.15, 0.2) is 0 Å². The molecule has 2 atom stereocenters. The maximum atomic E-state index is 11.1. The summed E-state index contributed by atoms with van der Waals surface area (Å²) in [4.78, 5) is 11.1. The van der Waals surface area contributed by atoms with E-state index in [0.717, 1.165) is 19.3 Å². The summed E-state index contributed by atoms with van der Waals surface area (Å²) in [7, 11) is 0. The van der Waals surface area contributed by atoms with Crippen LogP contribution in [0.2, 0.25) is 0 Å². The Morgan fingerprint density at radius 1 is 1.60 bits per heavy atom. The van der Waals surface area contributed by atoms with Crippen molar-refractivity contribution in [3.05, 3.63) is 0 Å². The van der Waals surface area contributed by atoms with Crippen LogP contribution in [0.3, 0.4) is 0 Å². The van der Waals surface area contributed by atoms with Crippen molar-refractivity contribution in [3.8, 4) is 0 Å². The topological polar surface area (TPSA) is 43.1 Å². The Morgan fingerprint density at radius 2 is 2.30 bits per heavy atom. The zero-order valence-electron chi connectivity index (χ0n) is 6.47. The highest BCUT2D eigenvalue weighted by Gasteiger charge is 2.25. The van der Waals surface area contributed by atoms with E-state index in [4.69, 9.17) is 5.73 Å². The molecule has 0 spiro atoms. The van der Waals surface area contributed by atoms with Gasteiger partial charge >= 0.3 is 0 Å². The van der Waals surface area contributed by atoms with E-state index in [2.05, 4.69) is 0 Å². The van der Waals surface area contributed by atoms with Crippen molar-refractivity contribution in [1.29, 1.82) is 0 Å². The van der Waals surface area contributed by atoms with Gasteiger partial charge in [0.05, 0.1) is 0 Å². The van der Waals surface area contributed by atoms with Crippen LogP contribution in [0, 0.1) is 5.92 Å². The molecule has 0 aromatic heterocycles. The molecule has 10 heavy (non-hydrogen) atoms. The van der Waals surface area contributed by atoms with Crippen molar-refractivity contribution < 1.29 is 4.79 Å². The molecule has 0 heterocycles. The Kier molecular flexibility index (Phi) is 2.44. The SMILES string of the molecule is CCC(=O)C1CCC(N)C1. The normalized spacial score (nSPS) is 32.6. The van der Waals surface area contributed by atoms with E-state index in [0.29, 0.717) is 24.2 Å². The van der Waals surface area contributed by atoms with Crippen molar-refractivity contribution in [2.24, 2.45) is 11.7 Å². The van der Waals surface area contributed by atoms with E-state index in [1.807, 2.05) is 6.92 Å². The Morgan fingerprint density at radius 3 is 2.70 bits per heavy atom. The summed E-state index contributed by atoms with van der Waals surface area (Å²) < 4.78 is 0. The lowest BCUT2D eigenvalue weighted by Gasteiger charge is -2.04. The molecule has 0 saturated heterocycles. The van der Waals surface area contributed by atoms with Gasteiger partial charge in [-0.2, -0.15) is 0 Å². The molecule has 1 saturated carbocycles. The van der Waals surface area contributed by atoms with Gasteiger partial charge in [0, 0.05) is 18.4 Å². The fraction of sp³-hybridized carbons (Fsp3) is 0.875. The summed E-state index contributed by atoms with van der Waals surface area (Å²) in [6.45, 7) is 1.92. The molecule has 0 aromatic carbocycles. The van der Waals surface area contributed by atoms with Crippen LogP contribution < -0.4 is 5.73 Å². The highest BCUT2D eigenvalue weighted by molar-refractivity contribution is 5.80. The smallest absolute Gasteiger partial charge is 0.135 e. The molecule has 2 heteroatoms. The summed E-state index contributed by atoms with van der Waals surface area (Å²) >= 11 is 0. The van der Waals surface area contributed by atoms with Gasteiger partial charge in [0.25, 0.3) is 0 Å². The third-order valence-electron chi connectivity index (χ3n) is 2.28. The Hall–Kier alpha value is -0.370. The third kappa shape index (κ3) is 1.57. The van der Waals surface area contributed by atoms with Gasteiger partial charge in [0.15, 0.2) is 0 Å². The zero-order chi connectivity index (χ0) is 7.56. The van der Waals surface area contributed by atoms with Crippen molar-refractivity contribution in [2.75, 3.05) is 0 Å². The number of hydrogen-bond donors (Lipinski definition) is 1. The van der Waals surface area contributed by atoms with Crippen molar-refractivity contribution >= 4 is 5.78 Å². The fourth-order valence-corrected chi connectivity index (χ4v) is 1.60. The van der Waals surface area contributed by atoms with Gasteiger partial charge < -0.3 is 5.73 Å². The summed E-state index contributed by atoms with van der Waals surface area (Å²) in [6.07, 6.45) is 3.66. The van der Waals surface area contributed by atoms with Crippen molar-refractivity contribution in [1.82, 2.24) is 0 Å². The molecule has 0 aliphatic heterocycles. The molecule has 2 unspecified atom stereocenters. The monoisotopic (exact) mass is 141 g/mol. The summed E-state index contributed by atoms with van der Waals surface area (Å²) in [5.74, 6) is 0.688. The average Bonchev–Trinajstić information content (AvgIpc) is 2.34. The van der Waals surface area contributed by atoms with E-state index in [-0.39, 0.29) is 0 Å². The van der Waals surface area contributed by atoms with Gasteiger partial charge in [-0.1, -0.05) is 6.92 Å². The van der Waals surface area contributed by atoms with Gasteiger partial charge in [-0.05, 0) is 19.3 Å². The van der Waals surface area contributed by atoms with E-state index in [1.165, 1.54) is 0 Å². The minimum Gasteiger partial charge on any atom is -0.328 e. The maximum absolute atomic E-state index is 11.1. The molecule has 2 nitrogen and oxygen atoms in total. The molecule has 0 bridgehead atoms. The standard InChI is InChI=1S/C8H15NO/c1-2-8(10)6-3-4-7(9)5-6/h6-7H,2-5,9H2,1H3. The van der Waals surface area contributed by atoms with E-state index >= 15 is 0 Å². The molecular formula is C8H15NO. The molecule has 1 aliphatic carbocycles. The first-order valence-corrected chi connectivity index (χ1v) is 4.02. The molecule has 1 rings (SSSR count). The Bertz CT molecular complexity index is 133. The van der Waals surface area contributed by atoms with Gasteiger partial charge in [-0.25, -0.2) is 0 Å². The quantitative estimate of drug-likeness (QED) is 0.625. The van der Waals surface area contributed by atoms with Crippen LogP contribution in [0.1, 0.15) is 32.6 Å². The van der Waals surface area contributed by atoms with Crippen LogP contribution in [0.25, 0.3) is 0 Å². The minimum absolute atomic E-state index is 0.292. The predicted octanol–water partition coefficient (Wildman–Crippen LogP) is 1.09. The van der Waals surface area contributed by atoms with Crippen LogP contribution in [-0.4, -0.2) is 11.8 Å². The molecule has 1 aliphatic rings. The van der Waals surface area contributed by atoms with Gasteiger partial charge in [-0.3, -0.25) is 4.79 Å². The lowest BCUT2D eigenvalue weighted by atomic mass is 10.0. The largest absolute Gasteiger partial charge is 0.328 e. The first-order chi connectivity index (χ1) is 4.74. The van der Waals surface area contributed by atoms with E-state index in [9.17, 15) is 4.79 Å². The molecule has 0 radical (unpaired) electrons. The molecule has 0 amide bonds. The fourth-order valence-electron chi connectivity index (χ4n) is 1.60. The second kappa shape index (κ2) is 3.15. The Balaban J connectivity index is 2.37. The molecule has 0 aromatic rings. The van der Waals surface area contributed by atoms with Crippen LogP contribution >= 0.6 is 0 Å². The van der Waals surface area contributed by atoms with E-state index < -0.39 is 0 Å². The third-order valence-corrected chi connectivity index (χ3v) is 2.28. The number of hydrogen-bond acceptors (Lipinski definition) is 2. The molecule has 2 N–H and O–H groups in total. The summed E-state index contributed by atoms with van der Waals surface area (Å²) in [6, 6.07) is 0.292. The number of carbonyl (C=O) groups is 1. The maximum Gasteiger partial charge on any atom is 0.135 e. The van der Waals surface area contributed by atoms with E-state index in [1.54, 1.807) is 0 Å². The van der Waals surface area contributed by atoms with Gasteiger partial charge in [0.2, 0.25) is 0 Å². The zero-order valence-corrected chi connectivity index (χ0v) is 6.47. The second-order valence-corrected chi connectivity index (χ2v) is 3.09. The summed E-state index contributed by atoms with van der Waals surface area (Å²) in [5.41, 5.74) is 5.67. The first-order valence-electron chi connectivity index (χ1n) is 4.02. The lowest BCUT2D eigenvalue weighted by Crippen LogP contribution is -2.17. The first kappa shape index (κ1) is 7.73. The molecule has 58 valence electrons. The van der Waals surface area contributed by atoms with Crippen LogP contribution in [0.4, 0.5) is 0 Å². The van der Waals surface area contributed by atoms with Gasteiger partial charge in [0.1, 0.15) is 5.78 Å². The average molecular weight is 141 g/mol. The second-order valence-electron chi connectivity index (χ2n) is 3.09. The van der Waals surface area contributed by atoms with Crippen molar-refractivity contribution in [3.63, 3.8) is 0 Å². The number of carbonyl (C=O) groups excluding carboxylic acids is 1. The lowest BCUT2D eigenvalue weighted by molar-refractivity contribution is -0.122. The van der Waals surface area contributed by atoms with Gasteiger partial charge in [-0.15, -0.1) is 0 Å². The summed E-state index contributed by atoms with van der Waals surface area (Å²) in [5, 5.41) is 0. The minimum atomic E-state index is 0.292. The molecular weight excluding hydrogens is 126 g/mol. The number of nitrogens with two attached hydrogens (primary N) is 1.